The van der Waals surface area contributed by atoms with Crippen LogP contribution in [0.15, 0.2) is 30.3 Å². The molecule has 0 bridgehead atoms. The quantitative estimate of drug-likeness (QED) is 0.834. The van der Waals surface area contributed by atoms with Gasteiger partial charge in [-0.05, 0) is 12.0 Å². The Balaban J connectivity index is 1.95. The van der Waals surface area contributed by atoms with Crippen molar-refractivity contribution in [1.29, 1.82) is 5.26 Å². The summed E-state index contributed by atoms with van der Waals surface area (Å²) >= 11 is 0. The first-order valence-corrected chi connectivity index (χ1v) is 7.09. The van der Waals surface area contributed by atoms with Crippen LogP contribution in [0.3, 0.4) is 0 Å². The van der Waals surface area contributed by atoms with Crippen molar-refractivity contribution in [2.75, 3.05) is 26.2 Å². The van der Waals surface area contributed by atoms with E-state index < -0.39 is 5.92 Å². The van der Waals surface area contributed by atoms with Gasteiger partial charge >= 0.3 is 0 Å². The molecule has 1 heterocycles. The van der Waals surface area contributed by atoms with E-state index in [2.05, 4.69) is 6.07 Å². The van der Waals surface area contributed by atoms with Crippen molar-refractivity contribution in [3.05, 3.63) is 35.9 Å². The number of nitrogens with zero attached hydrogens (tertiary/aromatic N) is 3. The monoisotopic (exact) mass is 285 g/mol. The third kappa shape index (κ3) is 3.82. The Kier molecular flexibility index (Phi) is 4.94. The molecular weight excluding hydrogens is 266 g/mol. The fraction of sp³-hybridized carbons (Fsp3) is 0.438. The van der Waals surface area contributed by atoms with E-state index >= 15 is 0 Å². The molecule has 1 unspecified atom stereocenters. The second-order valence-corrected chi connectivity index (χ2v) is 5.20. The summed E-state index contributed by atoms with van der Waals surface area (Å²) in [6.07, 6.45) is 0.434. The Morgan fingerprint density at radius 3 is 2.24 bits per heavy atom. The lowest BCUT2D eigenvalue weighted by molar-refractivity contribution is -0.140. The Morgan fingerprint density at radius 1 is 1.14 bits per heavy atom. The smallest absolute Gasteiger partial charge is 0.240 e. The molecule has 1 aromatic carbocycles. The lowest BCUT2D eigenvalue weighted by atomic mass is 9.99. The molecule has 21 heavy (non-hydrogen) atoms. The molecule has 0 saturated carbocycles. The second-order valence-electron chi connectivity index (χ2n) is 5.20. The van der Waals surface area contributed by atoms with Crippen LogP contribution in [0.25, 0.3) is 0 Å². The van der Waals surface area contributed by atoms with Gasteiger partial charge in [0.2, 0.25) is 11.8 Å². The third-order valence-electron chi connectivity index (χ3n) is 3.77. The summed E-state index contributed by atoms with van der Waals surface area (Å²) in [5.41, 5.74) is 0.986. The first kappa shape index (κ1) is 15.0. The van der Waals surface area contributed by atoms with Gasteiger partial charge in [0.25, 0.3) is 0 Å². The molecule has 110 valence electrons. The number of carbonyl (C=O) groups is 2. The van der Waals surface area contributed by atoms with Gasteiger partial charge in [-0.15, -0.1) is 0 Å². The van der Waals surface area contributed by atoms with E-state index in [1.807, 2.05) is 30.3 Å². The fourth-order valence-corrected chi connectivity index (χ4v) is 2.50. The molecular formula is C16H19N3O2. The van der Waals surface area contributed by atoms with Crippen LogP contribution in [0, 0.1) is 17.2 Å². The van der Waals surface area contributed by atoms with Gasteiger partial charge in [-0.2, -0.15) is 5.26 Å². The van der Waals surface area contributed by atoms with Gasteiger partial charge in [0, 0.05) is 33.1 Å². The van der Waals surface area contributed by atoms with E-state index in [1.54, 1.807) is 9.80 Å². The van der Waals surface area contributed by atoms with E-state index in [0.717, 1.165) is 5.56 Å². The SMILES string of the molecule is CC(=O)N1CCN(C(=O)C(C#N)Cc2ccccc2)CC1. The van der Waals surface area contributed by atoms with Gasteiger partial charge in [-0.1, -0.05) is 30.3 Å². The molecule has 5 heteroatoms. The predicted molar refractivity (Wildman–Crippen MR) is 78.1 cm³/mol. The molecule has 1 fully saturated rings. The first-order valence-electron chi connectivity index (χ1n) is 7.09. The van der Waals surface area contributed by atoms with Crippen LogP contribution in [0.4, 0.5) is 0 Å². The van der Waals surface area contributed by atoms with E-state index in [4.69, 9.17) is 0 Å². The van der Waals surface area contributed by atoms with Gasteiger partial charge in [0.1, 0.15) is 5.92 Å². The zero-order valence-electron chi connectivity index (χ0n) is 12.2. The number of rotatable bonds is 3. The van der Waals surface area contributed by atoms with Crippen LogP contribution < -0.4 is 0 Å². The molecule has 1 saturated heterocycles. The lowest BCUT2D eigenvalue weighted by Crippen LogP contribution is -2.51. The third-order valence-corrected chi connectivity index (χ3v) is 3.77. The second kappa shape index (κ2) is 6.89. The Hall–Kier alpha value is -2.35. The highest BCUT2D eigenvalue weighted by molar-refractivity contribution is 5.82. The molecule has 0 N–H and O–H groups in total. The number of nitriles is 1. The maximum absolute atomic E-state index is 12.4. The number of hydrogen-bond donors (Lipinski definition) is 0. The Morgan fingerprint density at radius 2 is 1.71 bits per heavy atom. The Bertz CT molecular complexity index is 542. The first-order chi connectivity index (χ1) is 10.1. The van der Waals surface area contributed by atoms with Crippen LogP contribution in [0.5, 0.6) is 0 Å². The molecule has 1 aromatic rings. The summed E-state index contributed by atoms with van der Waals surface area (Å²) in [6, 6.07) is 11.7. The molecule has 2 amide bonds. The van der Waals surface area contributed by atoms with Crippen molar-refractivity contribution < 1.29 is 9.59 Å². The number of carbonyl (C=O) groups excluding carboxylic acids is 2. The van der Waals surface area contributed by atoms with Crippen molar-refractivity contribution in [2.45, 2.75) is 13.3 Å². The summed E-state index contributed by atoms with van der Waals surface area (Å²) in [5.74, 6) is -0.760. The minimum atomic E-state index is -0.656. The average molecular weight is 285 g/mol. The minimum absolute atomic E-state index is 0.0308. The van der Waals surface area contributed by atoms with Crippen LogP contribution in [0.2, 0.25) is 0 Å². The van der Waals surface area contributed by atoms with E-state index in [1.165, 1.54) is 6.92 Å². The standard InChI is InChI=1S/C16H19N3O2/c1-13(20)18-7-9-19(10-8-18)16(21)15(12-17)11-14-5-3-2-4-6-14/h2-6,15H,7-11H2,1H3. The van der Waals surface area contributed by atoms with Crippen LogP contribution in [-0.2, 0) is 16.0 Å². The summed E-state index contributed by atoms with van der Waals surface area (Å²) in [7, 11) is 0. The summed E-state index contributed by atoms with van der Waals surface area (Å²) in [5, 5.41) is 9.27. The zero-order chi connectivity index (χ0) is 15.2. The summed E-state index contributed by atoms with van der Waals surface area (Å²) in [6.45, 7) is 3.64. The molecule has 0 radical (unpaired) electrons. The minimum Gasteiger partial charge on any atom is -0.339 e. The lowest BCUT2D eigenvalue weighted by Gasteiger charge is -2.35. The molecule has 0 aliphatic carbocycles. The van der Waals surface area contributed by atoms with Gasteiger partial charge in [0.15, 0.2) is 0 Å². The van der Waals surface area contributed by atoms with Crippen molar-refractivity contribution in [3.8, 4) is 6.07 Å². The number of hydrogen-bond acceptors (Lipinski definition) is 3. The van der Waals surface area contributed by atoms with E-state index in [0.29, 0.717) is 32.6 Å². The van der Waals surface area contributed by atoms with Crippen LogP contribution >= 0.6 is 0 Å². The summed E-state index contributed by atoms with van der Waals surface area (Å²) in [4.78, 5) is 27.1. The predicted octanol–water partition coefficient (Wildman–Crippen LogP) is 1.06. The summed E-state index contributed by atoms with van der Waals surface area (Å²) < 4.78 is 0. The number of benzene rings is 1. The van der Waals surface area contributed by atoms with Gasteiger partial charge < -0.3 is 9.80 Å². The maximum atomic E-state index is 12.4. The largest absolute Gasteiger partial charge is 0.339 e. The van der Waals surface area contributed by atoms with Crippen LogP contribution in [-0.4, -0.2) is 47.8 Å². The van der Waals surface area contributed by atoms with Gasteiger partial charge in [0.05, 0.1) is 6.07 Å². The highest BCUT2D eigenvalue weighted by atomic mass is 16.2. The van der Waals surface area contributed by atoms with E-state index in [9.17, 15) is 14.9 Å². The fourth-order valence-electron chi connectivity index (χ4n) is 2.50. The number of amides is 2. The maximum Gasteiger partial charge on any atom is 0.240 e. The normalized spacial score (nSPS) is 16.2. The molecule has 1 atom stereocenters. The van der Waals surface area contributed by atoms with Crippen molar-refractivity contribution in [3.63, 3.8) is 0 Å². The topological polar surface area (TPSA) is 64.4 Å². The van der Waals surface area contributed by atoms with Gasteiger partial charge in [-0.25, -0.2) is 0 Å². The van der Waals surface area contributed by atoms with Gasteiger partial charge in [-0.3, -0.25) is 9.59 Å². The van der Waals surface area contributed by atoms with Crippen molar-refractivity contribution in [1.82, 2.24) is 9.80 Å². The molecule has 5 nitrogen and oxygen atoms in total. The Labute approximate surface area is 124 Å². The van der Waals surface area contributed by atoms with Crippen molar-refractivity contribution >= 4 is 11.8 Å². The molecule has 1 aliphatic heterocycles. The molecule has 0 aromatic heterocycles. The average Bonchev–Trinajstić information content (AvgIpc) is 2.53. The molecule has 0 spiro atoms. The molecule has 1 aliphatic rings. The number of piperazine rings is 1. The van der Waals surface area contributed by atoms with Crippen molar-refractivity contribution in [2.24, 2.45) is 5.92 Å². The highest BCUT2D eigenvalue weighted by Crippen LogP contribution is 2.13. The molecule has 2 rings (SSSR count). The van der Waals surface area contributed by atoms with Crippen LogP contribution in [0.1, 0.15) is 12.5 Å². The highest BCUT2D eigenvalue weighted by Gasteiger charge is 2.28. The zero-order valence-corrected chi connectivity index (χ0v) is 12.2. The van der Waals surface area contributed by atoms with E-state index in [-0.39, 0.29) is 11.8 Å².